The number of thiol groups is 2. The molecule has 0 spiro atoms. The van der Waals surface area contributed by atoms with Crippen LogP contribution in [-0.4, -0.2) is 112 Å². The number of carboxylic acids is 1. The van der Waals surface area contributed by atoms with Crippen LogP contribution in [0.4, 0.5) is 0 Å². The Hall–Kier alpha value is -4.64. The largest absolute Gasteiger partial charge is 0.480 e. The summed E-state index contributed by atoms with van der Waals surface area (Å²) < 4.78 is 0. The molecule has 16 N–H and O–H groups in total. The SMILES string of the molecule is NC(=O)CCC(N)C(=O)NC(CCC(N)=O)C(=O)NC(CS)C(=O)NC(CS)C(=O)NC(CCC(N)=O)C(=O)NC(CCC(N)=O)C(=O)O. The van der Waals surface area contributed by atoms with Crippen LogP contribution in [0.2, 0.25) is 0 Å². The maximum atomic E-state index is 13.1. The van der Waals surface area contributed by atoms with Gasteiger partial charge in [0.2, 0.25) is 53.2 Å². The minimum atomic E-state index is -1.57. The van der Waals surface area contributed by atoms with Gasteiger partial charge < -0.3 is 60.4 Å². The number of carbonyl (C=O) groups excluding carboxylic acids is 9. The zero-order chi connectivity index (χ0) is 37.8. The van der Waals surface area contributed by atoms with E-state index in [1.165, 1.54) is 0 Å². The number of aliphatic carboxylic acids is 1. The van der Waals surface area contributed by atoms with Crippen molar-refractivity contribution in [2.75, 3.05) is 11.5 Å². The number of hydrogen-bond donors (Lipinski definition) is 13. The van der Waals surface area contributed by atoms with E-state index < -0.39 is 102 Å². The van der Waals surface area contributed by atoms with Crippen molar-refractivity contribution in [2.45, 2.75) is 87.6 Å². The van der Waals surface area contributed by atoms with E-state index in [-0.39, 0.29) is 56.5 Å². The highest BCUT2D eigenvalue weighted by atomic mass is 32.1. The van der Waals surface area contributed by atoms with Gasteiger partial charge >= 0.3 is 5.97 Å². The molecule has 6 atom stereocenters. The highest BCUT2D eigenvalue weighted by Crippen LogP contribution is 2.06. The molecular weight excluding hydrogens is 692 g/mol. The molecule has 9 amide bonds. The summed E-state index contributed by atoms with van der Waals surface area (Å²) in [6.07, 6.45) is -2.53. The molecule has 0 fully saturated rings. The zero-order valence-corrected chi connectivity index (χ0v) is 28.1. The third-order valence-electron chi connectivity index (χ3n) is 6.59. The Morgan fingerprint density at radius 3 is 1.04 bits per heavy atom. The quantitative estimate of drug-likeness (QED) is 0.0389. The summed E-state index contributed by atoms with van der Waals surface area (Å²) >= 11 is 8.09. The van der Waals surface area contributed by atoms with Crippen LogP contribution in [-0.2, 0) is 47.9 Å². The highest BCUT2D eigenvalue weighted by molar-refractivity contribution is 7.80. The van der Waals surface area contributed by atoms with Gasteiger partial charge in [-0.3, -0.25) is 43.2 Å². The molecule has 276 valence electrons. The molecule has 0 aromatic heterocycles. The number of rotatable bonds is 25. The number of amides is 9. The maximum Gasteiger partial charge on any atom is 0.326 e. The van der Waals surface area contributed by atoms with E-state index in [9.17, 15) is 53.1 Å². The standard InChI is InChI=1S/C26H44N10O11S2/c27-11(1-5-17(28)37)21(41)32-12(2-6-18(29)38)23(43)35-16(10-49)25(45)36-15(9-48)24(44)33-13(3-7-19(30)39)22(42)34-14(26(46)47)4-8-20(31)40/h11-16,48-49H,1-10,27H2,(H2,28,37)(H2,29,38)(H2,30,39)(H2,31,40)(H,32,41)(H,33,44)(H,34,42)(H,35,43)(H,36,45)(H,46,47). The fourth-order valence-electron chi connectivity index (χ4n) is 3.84. The summed E-state index contributed by atoms with van der Waals surface area (Å²) in [6.45, 7) is 0. The van der Waals surface area contributed by atoms with Crippen LogP contribution in [0.25, 0.3) is 0 Å². The van der Waals surface area contributed by atoms with E-state index in [4.69, 9.17) is 28.7 Å². The van der Waals surface area contributed by atoms with Crippen LogP contribution < -0.4 is 55.3 Å². The van der Waals surface area contributed by atoms with Gasteiger partial charge in [0.15, 0.2) is 0 Å². The van der Waals surface area contributed by atoms with Crippen LogP contribution in [0.15, 0.2) is 0 Å². The second-order valence-electron chi connectivity index (χ2n) is 10.6. The van der Waals surface area contributed by atoms with Gasteiger partial charge in [0, 0.05) is 37.2 Å². The smallest absolute Gasteiger partial charge is 0.326 e. The Labute approximate surface area is 291 Å². The van der Waals surface area contributed by atoms with E-state index in [0.29, 0.717) is 0 Å². The van der Waals surface area contributed by atoms with Crippen molar-refractivity contribution < 1.29 is 53.1 Å². The Morgan fingerprint density at radius 2 is 0.714 bits per heavy atom. The van der Waals surface area contributed by atoms with Gasteiger partial charge in [0.25, 0.3) is 0 Å². The molecule has 23 heteroatoms. The van der Waals surface area contributed by atoms with Gasteiger partial charge in [-0.1, -0.05) is 0 Å². The summed E-state index contributed by atoms with van der Waals surface area (Å²) in [6, 6.07) is -8.65. The molecule has 0 saturated heterocycles. The van der Waals surface area contributed by atoms with Crippen LogP contribution in [0.3, 0.4) is 0 Å². The van der Waals surface area contributed by atoms with Crippen molar-refractivity contribution in [3.8, 4) is 0 Å². The van der Waals surface area contributed by atoms with Crippen molar-refractivity contribution in [3.63, 3.8) is 0 Å². The molecule has 0 aliphatic rings. The second kappa shape index (κ2) is 22.8. The molecule has 49 heavy (non-hydrogen) atoms. The minimum Gasteiger partial charge on any atom is -0.480 e. The van der Waals surface area contributed by atoms with Crippen molar-refractivity contribution in [1.29, 1.82) is 0 Å². The topological polar surface area (TPSA) is 381 Å². The fourth-order valence-corrected chi connectivity index (χ4v) is 4.35. The van der Waals surface area contributed by atoms with Gasteiger partial charge in [0.05, 0.1) is 6.04 Å². The third kappa shape index (κ3) is 18.5. The number of hydrogen-bond acceptors (Lipinski definition) is 13. The average molecular weight is 737 g/mol. The summed E-state index contributed by atoms with van der Waals surface area (Å²) in [5.74, 6) is -10.2. The molecule has 21 nitrogen and oxygen atoms in total. The molecule has 0 aromatic carbocycles. The Morgan fingerprint density at radius 1 is 0.449 bits per heavy atom. The monoisotopic (exact) mass is 736 g/mol. The summed E-state index contributed by atoms with van der Waals surface area (Å²) in [5, 5.41) is 20.8. The van der Waals surface area contributed by atoms with Crippen LogP contribution in [0.5, 0.6) is 0 Å². The van der Waals surface area contributed by atoms with E-state index in [2.05, 4.69) is 51.8 Å². The fraction of sp³-hybridized carbons (Fsp3) is 0.615. The number of primary amides is 4. The Kier molecular flexibility index (Phi) is 20.7. The Bertz CT molecular complexity index is 1260. The first kappa shape index (κ1) is 44.4. The predicted molar refractivity (Wildman–Crippen MR) is 177 cm³/mol. The zero-order valence-electron chi connectivity index (χ0n) is 26.3. The third-order valence-corrected chi connectivity index (χ3v) is 7.32. The average Bonchev–Trinajstić information content (AvgIpc) is 3.01. The van der Waals surface area contributed by atoms with Crippen molar-refractivity contribution >= 4 is 84.4 Å². The molecule has 0 aromatic rings. The second-order valence-corrected chi connectivity index (χ2v) is 11.4. The number of nitrogens with two attached hydrogens (primary N) is 5. The molecule has 0 heterocycles. The summed E-state index contributed by atoms with van der Waals surface area (Å²) in [7, 11) is 0. The summed E-state index contributed by atoms with van der Waals surface area (Å²) in [5.41, 5.74) is 26.1. The van der Waals surface area contributed by atoms with Gasteiger partial charge in [-0.15, -0.1) is 0 Å². The number of nitrogens with one attached hydrogen (secondary N) is 5. The minimum absolute atomic E-state index is 0.138. The van der Waals surface area contributed by atoms with Crippen molar-refractivity contribution in [1.82, 2.24) is 26.6 Å². The predicted octanol–water partition coefficient (Wildman–Crippen LogP) is -6.26. The van der Waals surface area contributed by atoms with Crippen LogP contribution >= 0.6 is 25.3 Å². The molecule has 0 aliphatic carbocycles. The van der Waals surface area contributed by atoms with E-state index in [1.807, 2.05) is 0 Å². The van der Waals surface area contributed by atoms with Crippen LogP contribution in [0.1, 0.15) is 51.4 Å². The van der Waals surface area contributed by atoms with Gasteiger partial charge in [0.1, 0.15) is 30.2 Å². The molecular formula is C26H44N10O11S2. The lowest BCUT2D eigenvalue weighted by Gasteiger charge is -2.26. The van der Waals surface area contributed by atoms with E-state index in [0.717, 1.165) is 0 Å². The molecule has 6 unspecified atom stereocenters. The normalized spacial score (nSPS) is 14.3. The van der Waals surface area contributed by atoms with Gasteiger partial charge in [-0.2, -0.15) is 25.3 Å². The first-order valence-electron chi connectivity index (χ1n) is 14.7. The van der Waals surface area contributed by atoms with Crippen LogP contribution in [0, 0.1) is 0 Å². The number of carbonyl (C=O) groups is 10. The lowest BCUT2D eigenvalue weighted by atomic mass is 10.1. The lowest BCUT2D eigenvalue weighted by Crippen LogP contribution is -2.60. The first-order valence-corrected chi connectivity index (χ1v) is 15.9. The van der Waals surface area contributed by atoms with E-state index >= 15 is 0 Å². The molecule has 0 rings (SSSR count). The number of carboxylic acid groups (broad SMARTS) is 1. The Balaban J connectivity index is 5.76. The lowest BCUT2D eigenvalue weighted by molar-refractivity contribution is -0.142. The van der Waals surface area contributed by atoms with Gasteiger partial charge in [-0.25, -0.2) is 4.79 Å². The molecule has 0 saturated carbocycles. The highest BCUT2D eigenvalue weighted by Gasteiger charge is 2.32. The maximum absolute atomic E-state index is 13.1. The van der Waals surface area contributed by atoms with Gasteiger partial charge in [-0.05, 0) is 25.7 Å². The van der Waals surface area contributed by atoms with E-state index in [1.54, 1.807) is 0 Å². The molecule has 0 bridgehead atoms. The molecule has 0 aliphatic heterocycles. The van der Waals surface area contributed by atoms with Crippen molar-refractivity contribution in [2.24, 2.45) is 28.7 Å². The summed E-state index contributed by atoms with van der Waals surface area (Å²) in [4.78, 5) is 121. The molecule has 0 radical (unpaired) electrons. The van der Waals surface area contributed by atoms with Crippen molar-refractivity contribution in [3.05, 3.63) is 0 Å². The first-order chi connectivity index (χ1) is 22.8.